The summed E-state index contributed by atoms with van der Waals surface area (Å²) >= 11 is 7.09. The van der Waals surface area contributed by atoms with Crippen molar-refractivity contribution in [2.45, 2.75) is 19.9 Å². The van der Waals surface area contributed by atoms with Crippen LogP contribution in [0.15, 0.2) is 86.1 Å². The molecule has 4 aromatic rings. The summed E-state index contributed by atoms with van der Waals surface area (Å²) in [6, 6.07) is 16.3. The Kier molecular flexibility index (Phi) is 6.83. The molecule has 0 N–H and O–H groups in total. The van der Waals surface area contributed by atoms with E-state index in [1.165, 1.54) is 28.0 Å². The molecule has 0 saturated carbocycles. The van der Waals surface area contributed by atoms with Gasteiger partial charge in [0.15, 0.2) is 4.80 Å². The second kappa shape index (κ2) is 10.2. The van der Waals surface area contributed by atoms with Crippen molar-refractivity contribution < 1.29 is 18.9 Å². The highest BCUT2D eigenvalue weighted by Gasteiger charge is 2.33. The summed E-state index contributed by atoms with van der Waals surface area (Å²) < 4.78 is 13.0. The van der Waals surface area contributed by atoms with E-state index in [2.05, 4.69) is 4.99 Å². The number of benzene rings is 2. The van der Waals surface area contributed by atoms with Crippen LogP contribution >= 0.6 is 22.9 Å². The number of aromatic nitrogens is 1. The Labute approximate surface area is 224 Å². The molecule has 0 unspecified atom stereocenters. The molecule has 1 aliphatic rings. The van der Waals surface area contributed by atoms with E-state index in [0.29, 0.717) is 37.7 Å². The molecule has 0 saturated heterocycles. The van der Waals surface area contributed by atoms with Gasteiger partial charge in [-0.15, -0.1) is 0 Å². The monoisotopic (exact) mass is 549 g/mol. The van der Waals surface area contributed by atoms with Gasteiger partial charge in [0, 0.05) is 17.7 Å². The third kappa shape index (κ3) is 4.59. The lowest BCUT2D eigenvalue weighted by molar-refractivity contribution is -0.384. The van der Waals surface area contributed by atoms with Gasteiger partial charge in [0.2, 0.25) is 0 Å². The predicted molar refractivity (Wildman–Crippen MR) is 143 cm³/mol. The molecule has 11 heteroatoms. The summed E-state index contributed by atoms with van der Waals surface area (Å²) in [5.74, 6) is 0.233. The van der Waals surface area contributed by atoms with E-state index in [4.69, 9.17) is 20.8 Å². The van der Waals surface area contributed by atoms with Crippen LogP contribution in [0.25, 0.3) is 17.4 Å². The topological polar surface area (TPSA) is 117 Å². The van der Waals surface area contributed by atoms with Crippen LogP contribution in [-0.4, -0.2) is 22.1 Å². The van der Waals surface area contributed by atoms with Crippen molar-refractivity contribution >= 4 is 40.7 Å². The number of allylic oxidation sites excluding steroid dienone is 1. The number of fused-ring (bicyclic) bond motifs is 1. The predicted octanol–water partition coefficient (Wildman–Crippen LogP) is 4.62. The Bertz CT molecular complexity index is 1780. The zero-order chi connectivity index (χ0) is 27.0. The molecule has 0 fully saturated rings. The van der Waals surface area contributed by atoms with E-state index in [0.717, 1.165) is 5.56 Å². The Balaban J connectivity index is 1.61. The maximum absolute atomic E-state index is 13.6. The Morgan fingerprint density at radius 2 is 2.00 bits per heavy atom. The number of hydrogen-bond donors (Lipinski definition) is 0. The smallest absolute Gasteiger partial charge is 0.338 e. The van der Waals surface area contributed by atoms with Crippen molar-refractivity contribution in [1.82, 2.24) is 4.57 Å². The zero-order valence-electron chi connectivity index (χ0n) is 20.2. The molecule has 0 spiro atoms. The number of esters is 1. The summed E-state index contributed by atoms with van der Waals surface area (Å²) in [4.78, 5) is 42.2. The molecule has 0 bridgehead atoms. The summed E-state index contributed by atoms with van der Waals surface area (Å²) in [5, 5.41) is 11.3. The normalized spacial score (nSPS) is 15.2. The standard InChI is InChI=1S/C27H20ClN3O6S/c1-3-36-26(33)23-15(2)29-27-30(24(23)16-7-5-4-6-8-16)25(32)22(38-27)14-18-10-12-21(37-18)17-9-11-19(28)20(13-17)31(34)35/h4-14,24H,3H2,1-2H3/b22-14+/t24-/m0/s1. The van der Waals surface area contributed by atoms with Gasteiger partial charge >= 0.3 is 5.97 Å². The fraction of sp³-hybridized carbons (Fsp3) is 0.148. The van der Waals surface area contributed by atoms with Crippen LogP contribution < -0.4 is 14.9 Å². The molecule has 192 valence electrons. The van der Waals surface area contributed by atoms with Crippen molar-refractivity contribution in [2.24, 2.45) is 4.99 Å². The number of halogens is 1. The lowest BCUT2D eigenvalue weighted by atomic mass is 9.96. The van der Waals surface area contributed by atoms with Gasteiger partial charge in [0.1, 0.15) is 16.5 Å². The first kappa shape index (κ1) is 25.4. The van der Waals surface area contributed by atoms with Crippen LogP contribution in [0.5, 0.6) is 0 Å². The maximum atomic E-state index is 13.6. The van der Waals surface area contributed by atoms with Crippen molar-refractivity contribution in [2.75, 3.05) is 6.61 Å². The lowest BCUT2D eigenvalue weighted by Crippen LogP contribution is -2.39. The van der Waals surface area contributed by atoms with Gasteiger partial charge in [-0.1, -0.05) is 53.3 Å². The van der Waals surface area contributed by atoms with Gasteiger partial charge in [-0.25, -0.2) is 9.79 Å². The third-order valence-corrected chi connectivity index (χ3v) is 7.26. The first-order chi connectivity index (χ1) is 18.3. The molecule has 0 aliphatic carbocycles. The second-order valence-electron chi connectivity index (χ2n) is 8.34. The van der Waals surface area contributed by atoms with E-state index in [-0.39, 0.29) is 22.9 Å². The first-order valence-corrected chi connectivity index (χ1v) is 12.8. The fourth-order valence-electron chi connectivity index (χ4n) is 4.26. The second-order valence-corrected chi connectivity index (χ2v) is 9.75. The largest absolute Gasteiger partial charge is 0.463 e. The highest BCUT2D eigenvalue weighted by molar-refractivity contribution is 7.07. The third-order valence-electron chi connectivity index (χ3n) is 5.96. The molecule has 38 heavy (non-hydrogen) atoms. The Morgan fingerprint density at radius 1 is 1.24 bits per heavy atom. The van der Waals surface area contributed by atoms with Gasteiger partial charge in [0.05, 0.1) is 33.4 Å². The van der Waals surface area contributed by atoms with Crippen LogP contribution in [0, 0.1) is 10.1 Å². The first-order valence-electron chi connectivity index (χ1n) is 11.6. The van der Waals surface area contributed by atoms with E-state index in [9.17, 15) is 19.7 Å². The minimum atomic E-state index is -0.699. The number of carbonyl (C=O) groups is 1. The van der Waals surface area contributed by atoms with E-state index >= 15 is 0 Å². The molecule has 1 aliphatic heterocycles. The molecule has 9 nitrogen and oxygen atoms in total. The van der Waals surface area contributed by atoms with E-state index < -0.39 is 16.9 Å². The Morgan fingerprint density at radius 3 is 2.71 bits per heavy atom. The molecule has 0 amide bonds. The number of nitro benzene ring substituents is 1. The number of rotatable bonds is 6. The minimum Gasteiger partial charge on any atom is -0.463 e. The average Bonchev–Trinajstić information content (AvgIpc) is 3.48. The van der Waals surface area contributed by atoms with Crippen LogP contribution in [0.4, 0.5) is 5.69 Å². The van der Waals surface area contributed by atoms with Gasteiger partial charge in [-0.3, -0.25) is 19.5 Å². The molecular weight excluding hydrogens is 530 g/mol. The number of nitro groups is 1. The van der Waals surface area contributed by atoms with Crippen LogP contribution in [-0.2, 0) is 9.53 Å². The number of nitrogens with zero attached hydrogens (tertiary/aromatic N) is 3. The van der Waals surface area contributed by atoms with Gasteiger partial charge in [-0.2, -0.15) is 0 Å². The number of thiazole rings is 1. The van der Waals surface area contributed by atoms with Crippen molar-refractivity contribution in [3.63, 3.8) is 0 Å². The molecular formula is C27H20ClN3O6S. The molecule has 0 radical (unpaired) electrons. The molecule has 5 rings (SSSR count). The highest BCUT2D eigenvalue weighted by atomic mass is 35.5. The van der Waals surface area contributed by atoms with Gasteiger partial charge < -0.3 is 9.15 Å². The van der Waals surface area contributed by atoms with Crippen molar-refractivity contribution in [3.8, 4) is 11.3 Å². The fourth-order valence-corrected chi connectivity index (χ4v) is 5.48. The Hall–Kier alpha value is -4.28. The van der Waals surface area contributed by atoms with Crippen LogP contribution in [0.3, 0.4) is 0 Å². The van der Waals surface area contributed by atoms with Crippen molar-refractivity contribution in [1.29, 1.82) is 0 Å². The van der Waals surface area contributed by atoms with Gasteiger partial charge in [0.25, 0.3) is 11.2 Å². The number of carbonyl (C=O) groups excluding carboxylic acids is 1. The minimum absolute atomic E-state index is 0.0251. The maximum Gasteiger partial charge on any atom is 0.338 e. The van der Waals surface area contributed by atoms with Crippen LogP contribution in [0.2, 0.25) is 5.02 Å². The molecule has 2 aromatic carbocycles. The number of furan rings is 1. The average molecular weight is 550 g/mol. The summed E-state index contributed by atoms with van der Waals surface area (Å²) in [7, 11) is 0. The van der Waals surface area contributed by atoms with E-state index in [1.54, 1.807) is 38.1 Å². The molecule has 1 atom stereocenters. The van der Waals surface area contributed by atoms with Crippen LogP contribution in [0.1, 0.15) is 31.2 Å². The summed E-state index contributed by atoms with van der Waals surface area (Å²) in [6.45, 7) is 3.64. The molecule has 2 aromatic heterocycles. The lowest BCUT2D eigenvalue weighted by Gasteiger charge is -2.24. The highest BCUT2D eigenvalue weighted by Crippen LogP contribution is 2.32. The quantitative estimate of drug-likeness (QED) is 0.197. The molecule has 3 heterocycles. The summed E-state index contributed by atoms with van der Waals surface area (Å²) in [5.41, 5.74) is 1.44. The SMILES string of the molecule is CCOC(=O)C1=C(C)N=c2s/c(=C/c3ccc(-c4ccc(Cl)c([N+](=O)[O-])c4)o3)c(=O)n2[C@H]1c1ccccc1. The van der Waals surface area contributed by atoms with E-state index in [1.807, 2.05) is 30.3 Å². The summed E-state index contributed by atoms with van der Waals surface area (Å²) in [6.07, 6.45) is 1.59. The number of ether oxygens (including phenoxy) is 1. The van der Waals surface area contributed by atoms with Crippen molar-refractivity contribution in [3.05, 3.63) is 118 Å². The number of hydrogen-bond acceptors (Lipinski definition) is 8. The van der Waals surface area contributed by atoms with Gasteiger partial charge in [-0.05, 0) is 43.7 Å². The zero-order valence-corrected chi connectivity index (χ0v) is 21.8.